The number of aromatic nitrogens is 4. The molecule has 0 bridgehead atoms. The summed E-state index contributed by atoms with van der Waals surface area (Å²) in [5, 5.41) is 17.9. The van der Waals surface area contributed by atoms with Crippen LogP contribution in [0.2, 0.25) is 0 Å². The molecule has 29 heavy (non-hydrogen) atoms. The van der Waals surface area contributed by atoms with E-state index < -0.39 is 12.2 Å². The number of hydrogen-bond donors (Lipinski definition) is 3. The lowest BCUT2D eigenvalue weighted by Gasteiger charge is -2.14. The molecular weight excluding hydrogens is 378 g/mol. The van der Waals surface area contributed by atoms with Gasteiger partial charge in [0, 0.05) is 12.0 Å². The largest absolute Gasteiger partial charge is 0.394 e. The first-order valence-corrected chi connectivity index (χ1v) is 9.06. The van der Waals surface area contributed by atoms with Crippen molar-refractivity contribution in [1.29, 1.82) is 0 Å². The van der Waals surface area contributed by atoms with Gasteiger partial charge in [-0.05, 0) is 13.8 Å². The van der Waals surface area contributed by atoms with Crippen LogP contribution in [0.4, 0.5) is 0 Å². The van der Waals surface area contributed by atoms with E-state index in [1.807, 2.05) is 37.3 Å². The first-order chi connectivity index (χ1) is 14.0. The summed E-state index contributed by atoms with van der Waals surface area (Å²) in [7, 11) is 0. The fourth-order valence-electron chi connectivity index (χ4n) is 3.08. The molecule has 3 atom stereocenters. The van der Waals surface area contributed by atoms with Crippen molar-refractivity contribution >= 4 is 16.9 Å². The first kappa shape index (κ1) is 21.0. The van der Waals surface area contributed by atoms with Crippen LogP contribution in [0.5, 0.6) is 0 Å². The number of fused-ring (bicyclic) bond motifs is 1. The lowest BCUT2D eigenvalue weighted by molar-refractivity contribution is -0.179. The second kappa shape index (κ2) is 9.63. The number of carbonyl (C=O) groups excluding carboxylic acids is 1. The highest BCUT2D eigenvalue weighted by Crippen LogP contribution is 2.32. The fraction of sp³-hybridized carbons (Fsp3) is 0.368. The average molecular weight is 401 g/mol. The van der Waals surface area contributed by atoms with Gasteiger partial charge in [-0.15, -0.1) is 0 Å². The lowest BCUT2D eigenvalue weighted by Crippen LogP contribution is -2.31. The number of ether oxygens (including phenoxy) is 1. The van der Waals surface area contributed by atoms with Crippen molar-refractivity contribution in [3.05, 3.63) is 54.2 Å². The van der Waals surface area contributed by atoms with Gasteiger partial charge in [0.25, 0.3) is 0 Å². The minimum atomic E-state index is -0.528. The topological polar surface area (TPSA) is 132 Å². The molecule has 0 aliphatic carbocycles. The zero-order valence-corrected chi connectivity index (χ0v) is 16.1. The number of nitrogens with one attached hydrogen (secondary N) is 1. The summed E-state index contributed by atoms with van der Waals surface area (Å²) in [4.78, 5) is 28.1. The van der Waals surface area contributed by atoms with Crippen LogP contribution in [0.1, 0.15) is 35.6 Å². The molecule has 3 aromatic rings. The Hall–Kier alpha value is -2.76. The van der Waals surface area contributed by atoms with E-state index in [2.05, 4.69) is 15.0 Å². The van der Waals surface area contributed by atoms with Gasteiger partial charge in [0.15, 0.2) is 11.4 Å². The predicted molar refractivity (Wildman–Crippen MR) is 102 cm³/mol. The number of aryl methyl sites for hydroxylation is 1. The summed E-state index contributed by atoms with van der Waals surface area (Å²) in [5.41, 5.74) is 4.58. The van der Waals surface area contributed by atoms with Gasteiger partial charge in [0.2, 0.25) is 0 Å². The van der Waals surface area contributed by atoms with Crippen LogP contribution in [0.15, 0.2) is 43.0 Å². The summed E-state index contributed by atoms with van der Waals surface area (Å²) < 4.78 is 7.48. The Bertz CT molecular complexity index is 949. The normalized spacial score (nSPS) is 21.0. The van der Waals surface area contributed by atoms with Crippen LogP contribution in [0.25, 0.3) is 11.2 Å². The zero-order chi connectivity index (χ0) is 20.8. The van der Waals surface area contributed by atoms with Gasteiger partial charge in [-0.1, -0.05) is 36.0 Å². The molecule has 2 aromatic heterocycles. The van der Waals surface area contributed by atoms with E-state index in [1.54, 1.807) is 23.5 Å². The molecule has 0 radical (unpaired) electrons. The van der Waals surface area contributed by atoms with Crippen molar-refractivity contribution in [2.24, 2.45) is 0 Å². The predicted octanol–water partition coefficient (Wildman–Crippen LogP) is 1.58. The van der Waals surface area contributed by atoms with Gasteiger partial charge in [0.05, 0.1) is 18.6 Å². The third-order valence-corrected chi connectivity index (χ3v) is 4.60. The van der Waals surface area contributed by atoms with E-state index in [1.165, 1.54) is 6.33 Å². The Kier molecular flexibility index (Phi) is 6.96. The summed E-state index contributed by atoms with van der Waals surface area (Å²) in [5.74, 6) is 0.121. The van der Waals surface area contributed by atoms with Gasteiger partial charge in [0.1, 0.15) is 30.3 Å². The Morgan fingerprint density at radius 1 is 1.31 bits per heavy atom. The summed E-state index contributed by atoms with van der Waals surface area (Å²) in [6.45, 7) is 3.22. The van der Waals surface area contributed by atoms with E-state index in [9.17, 15) is 9.90 Å². The highest BCUT2D eigenvalue weighted by Gasteiger charge is 2.37. The van der Waals surface area contributed by atoms with E-state index >= 15 is 0 Å². The smallest absolute Gasteiger partial charge is 0.165 e. The van der Waals surface area contributed by atoms with Crippen LogP contribution in [0.3, 0.4) is 0 Å². The molecule has 1 aromatic carbocycles. The van der Waals surface area contributed by atoms with Crippen LogP contribution >= 0.6 is 0 Å². The van der Waals surface area contributed by atoms with Gasteiger partial charge in [-0.2, -0.15) is 0 Å². The maximum Gasteiger partial charge on any atom is 0.165 e. The van der Waals surface area contributed by atoms with E-state index in [-0.39, 0.29) is 18.6 Å². The number of imidazole rings is 1. The molecule has 10 heteroatoms. The quantitative estimate of drug-likeness (QED) is 0.430. The molecule has 0 amide bonds. The zero-order valence-electron chi connectivity index (χ0n) is 16.1. The molecule has 10 nitrogen and oxygen atoms in total. The molecule has 3 N–H and O–H groups in total. The minimum absolute atomic E-state index is 0.121. The molecule has 154 valence electrons. The molecule has 1 aliphatic heterocycles. The van der Waals surface area contributed by atoms with Gasteiger partial charge in [-0.3, -0.25) is 19.4 Å². The molecule has 4 rings (SSSR count). The van der Waals surface area contributed by atoms with Crippen molar-refractivity contribution < 1.29 is 24.7 Å². The van der Waals surface area contributed by atoms with Gasteiger partial charge < -0.3 is 9.84 Å². The van der Waals surface area contributed by atoms with Crippen LogP contribution in [0, 0.1) is 6.92 Å². The Morgan fingerprint density at radius 2 is 2.07 bits per heavy atom. The van der Waals surface area contributed by atoms with E-state index in [4.69, 9.17) is 14.8 Å². The van der Waals surface area contributed by atoms with E-state index in [0.717, 1.165) is 11.3 Å². The van der Waals surface area contributed by atoms with Crippen molar-refractivity contribution in [3.8, 4) is 0 Å². The maximum atomic E-state index is 10.6. The molecule has 1 aliphatic rings. The summed E-state index contributed by atoms with van der Waals surface area (Å²) in [6, 6.07) is 9.23. The number of nitrogens with zero attached hydrogens (tertiary/aromatic N) is 4. The van der Waals surface area contributed by atoms with Crippen molar-refractivity contribution in [2.75, 3.05) is 6.61 Å². The molecule has 2 unspecified atom stereocenters. The van der Waals surface area contributed by atoms with Gasteiger partial charge in [-0.25, -0.2) is 15.0 Å². The van der Waals surface area contributed by atoms with Crippen LogP contribution in [-0.4, -0.2) is 54.4 Å². The number of benzene rings is 1. The summed E-state index contributed by atoms with van der Waals surface area (Å²) in [6.07, 6.45) is 2.19. The van der Waals surface area contributed by atoms with E-state index in [0.29, 0.717) is 17.6 Å². The number of aliphatic hydroxyl groups is 1. The Morgan fingerprint density at radius 3 is 2.69 bits per heavy atom. The Labute approximate surface area is 167 Å². The standard InChI is InChI=1S/C11H15N5O4.C8H8O/c1-6-10-11(13-4-12-6)16(5-14-10)9-2-7(20-15-18)8(3-17)19-9;1-7(9)8-5-3-2-4-6-8/h4-5,7-9,15,17-18H,2-3H2,1H3;2-6H,1H3/t7-,8?,9?;/m0./s1. The molecule has 3 heterocycles. The number of carbonyl (C=O) groups is 1. The molecule has 0 spiro atoms. The molecule has 0 saturated carbocycles. The number of hydrogen-bond acceptors (Lipinski definition) is 9. The lowest BCUT2D eigenvalue weighted by atomic mass is 10.2. The number of rotatable bonds is 5. The fourth-order valence-corrected chi connectivity index (χ4v) is 3.08. The highest BCUT2D eigenvalue weighted by molar-refractivity contribution is 5.93. The Balaban J connectivity index is 0.000000224. The maximum absolute atomic E-state index is 10.6. The third-order valence-electron chi connectivity index (χ3n) is 4.60. The number of aliphatic hydroxyl groups excluding tert-OH is 1. The summed E-state index contributed by atoms with van der Waals surface area (Å²) >= 11 is 0. The SMILES string of the molecule is CC(=O)c1ccccc1.Cc1ncnc2c1ncn2C1C[C@H](ONO)C(CO)O1. The minimum Gasteiger partial charge on any atom is -0.394 e. The molecular formula is C19H23N5O5. The molecule has 1 fully saturated rings. The van der Waals surface area contributed by atoms with Crippen molar-refractivity contribution in [1.82, 2.24) is 25.2 Å². The van der Waals surface area contributed by atoms with Crippen molar-refractivity contribution in [2.45, 2.75) is 38.7 Å². The second-order valence-electron chi connectivity index (χ2n) is 6.50. The first-order valence-electron chi connectivity index (χ1n) is 9.06. The van der Waals surface area contributed by atoms with Gasteiger partial charge >= 0.3 is 0 Å². The monoisotopic (exact) mass is 401 g/mol. The average Bonchev–Trinajstić information content (AvgIpc) is 3.34. The molecule has 1 saturated heterocycles. The second-order valence-corrected chi connectivity index (χ2v) is 6.50. The van der Waals surface area contributed by atoms with Crippen LogP contribution < -0.4 is 5.64 Å². The third kappa shape index (κ3) is 4.81. The van der Waals surface area contributed by atoms with Crippen molar-refractivity contribution in [3.63, 3.8) is 0 Å². The number of ketones is 1. The highest BCUT2D eigenvalue weighted by atomic mass is 16.8. The van der Waals surface area contributed by atoms with Crippen LogP contribution in [-0.2, 0) is 9.57 Å². The number of Topliss-reactive ketones (excluding diaryl/α,β-unsaturated/α-hetero) is 1.